The fourth-order valence-corrected chi connectivity index (χ4v) is 4.26. The number of aliphatic hydroxyl groups excluding tert-OH is 1. The molecule has 0 saturated carbocycles. The summed E-state index contributed by atoms with van der Waals surface area (Å²) in [5, 5.41) is 18.5. The van der Waals surface area contributed by atoms with E-state index in [9.17, 15) is 4.79 Å². The first-order valence-electron chi connectivity index (χ1n) is 11.6. The number of oxazole rings is 1. The molecule has 182 valence electrons. The lowest BCUT2D eigenvalue weighted by molar-refractivity contribution is 0.292. The molecule has 8 heteroatoms. The van der Waals surface area contributed by atoms with Gasteiger partial charge in [-0.1, -0.05) is 18.2 Å². The molecule has 0 atom stereocenters. The zero-order valence-corrected chi connectivity index (χ0v) is 20.1. The Morgan fingerprint density at radius 1 is 1.06 bits per heavy atom. The molecule has 8 nitrogen and oxygen atoms in total. The van der Waals surface area contributed by atoms with Gasteiger partial charge in [-0.3, -0.25) is 4.79 Å². The second-order valence-electron chi connectivity index (χ2n) is 8.46. The van der Waals surface area contributed by atoms with Crippen LogP contribution in [0, 0.1) is 6.92 Å². The lowest BCUT2D eigenvalue weighted by Crippen LogP contribution is -2.23. The Balaban J connectivity index is 1.73. The number of anilines is 1. The van der Waals surface area contributed by atoms with Gasteiger partial charge in [0.1, 0.15) is 11.4 Å². The van der Waals surface area contributed by atoms with Gasteiger partial charge in [-0.2, -0.15) is 9.78 Å². The highest BCUT2D eigenvalue weighted by Gasteiger charge is 2.17. The number of aryl methyl sites for hydroxylation is 1. The number of hydrogen-bond donors (Lipinski definition) is 2. The topological polar surface area (TPSA) is 102 Å². The molecule has 0 spiro atoms. The van der Waals surface area contributed by atoms with Crippen LogP contribution in [0.4, 0.5) is 5.69 Å². The molecule has 0 amide bonds. The zero-order chi connectivity index (χ0) is 25.1. The van der Waals surface area contributed by atoms with Crippen molar-refractivity contribution in [2.45, 2.75) is 13.3 Å². The van der Waals surface area contributed by atoms with Gasteiger partial charge < -0.3 is 19.6 Å². The molecule has 0 aliphatic rings. The molecule has 5 aromatic rings. The lowest BCUT2D eigenvalue weighted by Gasteiger charge is -2.16. The minimum absolute atomic E-state index is 0.0948. The van der Waals surface area contributed by atoms with E-state index in [2.05, 4.69) is 10.3 Å². The summed E-state index contributed by atoms with van der Waals surface area (Å²) in [7, 11) is 1.56. The number of methoxy groups -OCH3 is 1. The van der Waals surface area contributed by atoms with Gasteiger partial charge in [0.25, 0.3) is 5.56 Å². The van der Waals surface area contributed by atoms with Gasteiger partial charge in [-0.25, -0.2) is 4.98 Å². The molecule has 3 aromatic carbocycles. The monoisotopic (exact) mass is 482 g/mol. The van der Waals surface area contributed by atoms with Crippen molar-refractivity contribution in [2.75, 3.05) is 25.6 Å². The van der Waals surface area contributed by atoms with Crippen molar-refractivity contribution in [1.82, 2.24) is 14.8 Å². The maximum atomic E-state index is 13.6. The molecule has 0 bridgehead atoms. The third-order valence-corrected chi connectivity index (χ3v) is 5.94. The first kappa shape index (κ1) is 23.3. The van der Waals surface area contributed by atoms with E-state index in [1.165, 1.54) is 11.1 Å². The summed E-state index contributed by atoms with van der Waals surface area (Å²) in [5.41, 5.74) is 4.48. The van der Waals surface area contributed by atoms with E-state index in [0.717, 1.165) is 27.8 Å². The Kier molecular flexibility index (Phi) is 6.51. The predicted octanol–water partition coefficient (Wildman–Crippen LogP) is 4.82. The third-order valence-electron chi connectivity index (χ3n) is 5.94. The molecule has 2 N–H and O–H groups in total. The summed E-state index contributed by atoms with van der Waals surface area (Å²) < 4.78 is 12.5. The van der Waals surface area contributed by atoms with Crippen molar-refractivity contribution in [2.24, 2.45) is 0 Å². The van der Waals surface area contributed by atoms with Crippen LogP contribution in [0.1, 0.15) is 12.0 Å². The molecule has 0 unspecified atom stereocenters. The maximum Gasteiger partial charge on any atom is 0.279 e. The molecule has 0 saturated heterocycles. The van der Waals surface area contributed by atoms with Crippen LogP contribution >= 0.6 is 0 Å². The number of aliphatic hydroxyl groups is 1. The lowest BCUT2D eigenvalue weighted by atomic mass is 9.99. The highest BCUT2D eigenvalue weighted by atomic mass is 16.5. The van der Waals surface area contributed by atoms with Gasteiger partial charge in [-0.05, 0) is 61.4 Å². The van der Waals surface area contributed by atoms with Crippen molar-refractivity contribution in [3.8, 4) is 34.0 Å². The standard InChI is InChI=1S/C28H26N4O4/c1-18-12-19(26-16-29-17-36-26)14-20(13-18)27-22-6-3-4-7-23(22)28(34)32(31-27)24-15-21(30-10-5-11-33)8-9-25(24)35-2/h3-4,6-9,12-17,30,33H,5,10-11H2,1-2H3. The first-order valence-corrected chi connectivity index (χ1v) is 11.6. The van der Waals surface area contributed by atoms with Gasteiger partial charge in [-0.15, -0.1) is 0 Å². The second-order valence-corrected chi connectivity index (χ2v) is 8.46. The Morgan fingerprint density at radius 3 is 2.61 bits per heavy atom. The number of fused-ring (bicyclic) bond motifs is 1. The van der Waals surface area contributed by atoms with Crippen LogP contribution in [0.3, 0.4) is 0 Å². The number of hydrogen-bond acceptors (Lipinski definition) is 7. The molecule has 36 heavy (non-hydrogen) atoms. The molecule has 2 heterocycles. The molecule has 2 aromatic heterocycles. The number of aromatic nitrogens is 3. The van der Waals surface area contributed by atoms with E-state index >= 15 is 0 Å². The van der Waals surface area contributed by atoms with E-state index in [1.54, 1.807) is 19.4 Å². The first-order chi connectivity index (χ1) is 17.6. The molecular weight excluding hydrogens is 456 g/mol. The smallest absolute Gasteiger partial charge is 0.279 e. The number of nitrogens with one attached hydrogen (secondary N) is 1. The largest absolute Gasteiger partial charge is 0.494 e. The van der Waals surface area contributed by atoms with Crippen molar-refractivity contribution < 1.29 is 14.3 Å². The molecular formula is C28H26N4O4. The fourth-order valence-electron chi connectivity index (χ4n) is 4.26. The van der Waals surface area contributed by atoms with E-state index in [0.29, 0.717) is 41.2 Å². The summed E-state index contributed by atoms with van der Waals surface area (Å²) in [6.45, 7) is 2.70. The van der Waals surface area contributed by atoms with Crippen LogP contribution in [0.2, 0.25) is 0 Å². The summed E-state index contributed by atoms with van der Waals surface area (Å²) in [5.74, 6) is 1.17. The van der Waals surface area contributed by atoms with E-state index in [4.69, 9.17) is 19.4 Å². The summed E-state index contributed by atoms with van der Waals surface area (Å²) in [6, 6.07) is 19.0. The number of nitrogens with zero attached hydrogens (tertiary/aromatic N) is 3. The van der Waals surface area contributed by atoms with Crippen LogP contribution in [-0.2, 0) is 0 Å². The normalized spacial score (nSPS) is 11.1. The third kappa shape index (κ3) is 4.46. The van der Waals surface area contributed by atoms with Crippen LogP contribution in [-0.4, -0.2) is 40.1 Å². The Morgan fingerprint density at radius 2 is 1.86 bits per heavy atom. The fraction of sp³-hybridized carbons (Fsp3) is 0.179. The quantitative estimate of drug-likeness (QED) is 0.306. The SMILES string of the molecule is COc1ccc(NCCCO)cc1-n1nc(-c2cc(C)cc(-c3cnco3)c2)c2ccccc2c1=O. The summed E-state index contributed by atoms with van der Waals surface area (Å²) in [6.07, 6.45) is 3.69. The van der Waals surface area contributed by atoms with Crippen molar-refractivity contribution in [3.05, 3.63) is 89.2 Å². The van der Waals surface area contributed by atoms with Gasteiger partial charge in [0.15, 0.2) is 12.2 Å². The Bertz CT molecular complexity index is 1580. The van der Waals surface area contributed by atoms with Crippen molar-refractivity contribution >= 4 is 16.5 Å². The van der Waals surface area contributed by atoms with Crippen molar-refractivity contribution in [1.29, 1.82) is 0 Å². The Labute approximate surface area is 207 Å². The summed E-state index contributed by atoms with van der Waals surface area (Å²) >= 11 is 0. The van der Waals surface area contributed by atoms with E-state index in [1.807, 2.05) is 61.5 Å². The average molecular weight is 483 g/mol. The molecule has 0 fully saturated rings. The molecule has 0 aliphatic carbocycles. The molecule has 5 rings (SSSR count). The van der Waals surface area contributed by atoms with Gasteiger partial charge >= 0.3 is 0 Å². The van der Waals surface area contributed by atoms with Crippen molar-refractivity contribution in [3.63, 3.8) is 0 Å². The van der Waals surface area contributed by atoms with Gasteiger partial charge in [0, 0.05) is 35.4 Å². The summed E-state index contributed by atoms with van der Waals surface area (Å²) in [4.78, 5) is 17.7. The maximum absolute atomic E-state index is 13.6. The number of ether oxygens (including phenoxy) is 1. The Hall–Kier alpha value is -4.43. The predicted molar refractivity (Wildman–Crippen MR) is 140 cm³/mol. The van der Waals surface area contributed by atoms with E-state index in [-0.39, 0.29) is 12.2 Å². The molecule has 0 radical (unpaired) electrons. The van der Waals surface area contributed by atoms with Crippen LogP contribution in [0.5, 0.6) is 5.75 Å². The second kappa shape index (κ2) is 10.1. The van der Waals surface area contributed by atoms with Crippen LogP contribution < -0.4 is 15.6 Å². The highest BCUT2D eigenvalue weighted by molar-refractivity contribution is 5.94. The van der Waals surface area contributed by atoms with E-state index < -0.39 is 0 Å². The van der Waals surface area contributed by atoms with Crippen LogP contribution in [0.15, 0.2) is 82.5 Å². The average Bonchev–Trinajstić information content (AvgIpc) is 3.44. The number of benzene rings is 3. The van der Waals surface area contributed by atoms with Crippen LogP contribution in [0.25, 0.3) is 39.0 Å². The minimum atomic E-state index is -0.247. The highest BCUT2D eigenvalue weighted by Crippen LogP contribution is 2.32. The molecule has 0 aliphatic heterocycles. The van der Waals surface area contributed by atoms with Gasteiger partial charge in [0.2, 0.25) is 0 Å². The zero-order valence-electron chi connectivity index (χ0n) is 20.1. The minimum Gasteiger partial charge on any atom is -0.494 e. The number of rotatable bonds is 8. The van der Waals surface area contributed by atoms with Gasteiger partial charge in [0.05, 0.1) is 24.4 Å².